The highest BCUT2D eigenvalue weighted by molar-refractivity contribution is 7.67. The Balaban J connectivity index is 2.51. The van der Waals surface area contributed by atoms with Crippen LogP contribution in [0.25, 0.3) is 0 Å². The van der Waals surface area contributed by atoms with Crippen molar-refractivity contribution in [1.82, 2.24) is 0 Å². The molecule has 6 nitrogen and oxygen atoms in total. The summed E-state index contributed by atoms with van der Waals surface area (Å²) in [6.07, 6.45) is -4.58. The standard InChI is InChI=1S/C17H16ClF3NO5P/c1-16(2,3)28(25,26)15-9-11(5-6-13(15)22(23)24)27-14-7-4-10(8-12(14)18)17(19,20)21/h4-9H,1-3H3,(H,25,26). The summed E-state index contributed by atoms with van der Waals surface area (Å²) in [7, 11) is -4.20. The van der Waals surface area contributed by atoms with Crippen molar-refractivity contribution in [3.8, 4) is 11.5 Å². The molecular formula is C17H16ClF3NO5P. The number of ether oxygens (including phenoxy) is 1. The molecule has 0 heterocycles. The van der Waals surface area contributed by atoms with Gasteiger partial charge in [0, 0.05) is 17.3 Å². The maximum Gasteiger partial charge on any atom is 0.416 e. The van der Waals surface area contributed by atoms with E-state index < -0.39 is 40.2 Å². The lowest BCUT2D eigenvalue weighted by molar-refractivity contribution is -0.383. The summed E-state index contributed by atoms with van der Waals surface area (Å²) >= 11 is 5.83. The second-order valence-electron chi connectivity index (χ2n) is 6.90. The number of nitro benzene ring substituents is 1. The van der Waals surface area contributed by atoms with E-state index in [9.17, 15) is 32.7 Å². The van der Waals surface area contributed by atoms with E-state index in [0.717, 1.165) is 30.3 Å². The van der Waals surface area contributed by atoms with Gasteiger partial charge in [0.25, 0.3) is 5.69 Å². The van der Waals surface area contributed by atoms with Gasteiger partial charge in [-0.15, -0.1) is 0 Å². The number of hydrogen-bond acceptors (Lipinski definition) is 4. The molecule has 0 bridgehead atoms. The van der Waals surface area contributed by atoms with E-state index in [4.69, 9.17) is 16.3 Å². The van der Waals surface area contributed by atoms with E-state index in [2.05, 4.69) is 0 Å². The maximum atomic E-state index is 12.8. The van der Waals surface area contributed by atoms with E-state index in [1.807, 2.05) is 0 Å². The first kappa shape index (κ1) is 22.2. The Hall–Kier alpha value is -2.09. The maximum absolute atomic E-state index is 12.8. The van der Waals surface area contributed by atoms with Gasteiger partial charge < -0.3 is 9.63 Å². The minimum Gasteiger partial charge on any atom is -0.456 e. The summed E-state index contributed by atoms with van der Waals surface area (Å²) in [5.41, 5.74) is -1.53. The minimum absolute atomic E-state index is 0.0826. The Bertz CT molecular complexity index is 972. The summed E-state index contributed by atoms with van der Waals surface area (Å²) in [6.45, 7) is 4.37. The molecule has 1 N–H and O–H groups in total. The van der Waals surface area contributed by atoms with Gasteiger partial charge in [0.1, 0.15) is 16.8 Å². The SMILES string of the molecule is CC(C)(C)P(=O)(O)c1cc(Oc2ccc(C(F)(F)F)cc2Cl)ccc1[N+](=O)[O-]. The zero-order valence-electron chi connectivity index (χ0n) is 15.0. The number of hydrogen-bond donors (Lipinski definition) is 1. The quantitative estimate of drug-likeness (QED) is 0.373. The first-order chi connectivity index (χ1) is 12.6. The number of halogens is 4. The van der Waals surface area contributed by atoms with Crippen molar-refractivity contribution in [1.29, 1.82) is 0 Å². The van der Waals surface area contributed by atoms with E-state index in [0.29, 0.717) is 6.07 Å². The molecule has 2 aromatic carbocycles. The Morgan fingerprint density at radius 3 is 2.21 bits per heavy atom. The molecular weight excluding hydrogens is 422 g/mol. The van der Waals surface area contributed by atoms with Crippen LogP contribution in [0.5, 0.6) is 11.5 Å². The molecule has 0 spiro atoms. The molecule has 0 saturated carbocycles. The Morgan fingerprint density at radius 2 is 1.75 bits per heavy atom. The van der Waals surface area contributed by atoms with Crippen molar-refractivity contribution >= 4 is 30.0 Å². The molecule has 0 fully saturated rings. The highest BCUT2D eigenvalue weighted by atomic mass is 35.5. The molecule has 28 heavy (non-hydrogen) atoms. The largest absolute Gasteiger partial charge is 0.456 e. The predicted molar refractivity (Wildman–Crippen MR) is 98.8 cm³/mol. The second kappa shape index (κ2) is 7.39. The monoisotopic (exact) mass is 437 g/mol. The summed E-state index contributed by atoms with van der Waals surface area (Å²) in [5, 5.41) is 9.30. The fourth-order valence-electron chi connectivity index (χ4n) is 2.21. The van der Waals surface area contributed by atoms with E-state index >= 15 is 0 Å². The van der Waals surface area contributed by atoms with Crippen LogP contribution in [0.1, 0.15) is 26.3 Å². The van der Waals surface area contributed by atoms with Gasteiger partial charge in [-0.3, -0.25) is 14.7 Å². The first-order valence-electron chi connectivity index (χ1n) is 7.81. The average Bonchev–Trinajstić information content (AvgIpc) is 2.54. The first-order valence-corrected chi connectivity index (χ1v) is 9.85. The molecule has 0 aliphatic rings. The smallest absolute Gasteiger partial charge is 0.416 e. The number of benzene rings is 2. The molecule has 0 aromatic heterocycles. The molecule has 0 radical (unpaired) electrons. The minimum atomic E-state index is -4.58. The van der Waals surface area contributed by atoms with Crippen molar-refractivity contribution < 1.29 is 32.3 Å². The molecule has 0 amide bonds. The number of rotatable bonds is 4. The van der Waals surface area contributed by atoms with Crippen LogP contribution >= 0.6 is 19.0 Å². The van der Waals surface area contributed by atoms with Gasteiger partial charge in [-0.2, -0.15) is 13.2 Å². The lowest BCUT2D eigenvalue weighted by Crippen LogP contribution is -2.24. The molecule has 152 valence electrons. The van der Waals surface area contributed by atoms with Crippen LogP contribution in [-0.2, 0) is 10.7 Å². The van der Waals surface area contributed by atoms with E-state index in [1.54, 1.807) is 0 Å². The van der Waals surface area contributed by atoms with Crippen LogP contribution in [0.2, 0.25) is 5.02 Å². The molecule has 2 aromatic rings. The molecule has 11 heteroatoms. The lowest BCUT2D eigenvalue weighted by Gasteiger charge is -2.26. The van der Waals surface area contributed by atoms with E-state index in [-0.39, 0.29) is 16.5 Å². The summed E-state index contributed by atoms with van der Waals surface area (Å²) in [4.78, 5) is 20.9. The second-order valence-corrected chi connectivity index (χ2v) is 10.3. The third-order valence-electron chi connectivity index (χ3n) is 3.87. The van der Waals surface area contributed by atoms with Crippen molar-refractivity contribution in [2.75, 3.05) is 0 Å². The number of nitro groups is 1. The highest BCUT2D eigenvalue weighted by Gasteiger charge is 2.41. The zero-order valence-corrected chi connectivity index (χ0v) is 16.6. The van der Waals surface area contributed by atoms with Gasteiger partial charge in [-0.05, 0) is 24.3 Å². The third kappa shape index (κ3) is 4.48. The molecule has 0 saturated heterocycles. The van der Waals surface area contributed by atoms with E-state index in [1.165, 1.54) is 20.8 Å². The lowest BCUT2D eigenvalue weighted by atomic mass is 10.2. The summed E-state index contributed by atoms with van der Waals surface area (Å²) in [5.74, 6) is -0.223. The van der Waals surface area contributed by atoms with Crippen molar-refractivity contribution in [2.24, 2.45) is 0 Å². The van der Waals surface area contributed by atoms with Gasteiger partial charge in [0.2, 0.25) is 7.37 Å². The Kier molecular flexibility index (Phi) is 5.86. The van der Waals surface area contributed by atoms with Crippen LogP contribution in [-0.4, -0.2) is 15.0 Å². The van der Waals surface area contributed by atoms with Crippen LogP contribution in [0.3, 0.4) is 0 Å². The molecule has 2 rings (SSSR count). The van der Waals surface area contributed by atoms with Gasteiger partial charge >= 0.3 is 6.18 Å². The fraction of sp³-hybridized carbons (Fsp3) is 0.294. The van der Waals surface area contributed by atoms with Crippen LogP contribution < -0.4 is 10.0 Å². The number of nitrogens with zero attached hydrogens (tertiary/aromatic N) is 1. The van der Waals surface area contributed by atoms with Crippen molar-refractivity contribution in [3.05, 3.63) is 57.1 Å². The van der Waals surface area contributed by atoms with Gasteiger partial charge in [0.05, 0.1) is 15.5 Å². The molecule has 1 unspecified atom stereocenters. The van der Waals surface area contributed by atoms with Crippen LogP contribution in [0, 0.1) is 10.1 Å². The topological polar surface area (TPSA) is 89.7 Å². The molecule has 0 aliphatic heterocycles. The normalized spacial score (nSPS) is 14.4. The zero-order chi connectivity index (χ0) is 21.5. The Morgan fingerprint density at radius 1 is 1.14 bits per heavy atom. The average molecular weight is 438 g/mol. The summed E-state index contributed by atoms with van der Waals surface area (Å²) in [6, 6.07) is 5.62. The van der Waals surface area contributed by atoms with Crippen LogP contribution in [0.15, 0.2) is 36.4 Å². The predicted octanol–water partition coefficient (Wildman–Crippen LogP) is 5.75. The molecule has 1 atom stereocenters. The highest BCUT2D eigenvalue weighted by Crippen LogP contribution is 2.55. The third-order valence-corrected chi connectivity index (χ3v) is 6.99. The number of alkyl halides is 3. The summed E-state index contributed by atoms with van der Waals surface area (Å²) < 4.78 is 56.4. The molecule has 0 aliphatic carbocycles. The van der Waals surface area contributed by atoms with Crippen LogP contribution in [0.4, 0.5) is 18.9 Å². The van der Waals surface area contributed by atoms with Gasteiger partial charge in [-0.25, -0.2) is 0 Å². The fourth-order valence-corrected chi connectivity index (χ4v) is 3.92. The van der Waals surface area contributed by atoms with Crippen molar-refractivity contribution in [2.45, 2.75) is 32.1 Å². The van der Waals surface area contributed by atoms with Gasteiger partial charge in [-0.1, -0.05) is 32.4 Å². The van der Waals surface area contributed by atoms with Gasteiger partial charge in [0.15, 0.2) is 0 Å². The van der Waals surface area contributed by atoms with Crippen molar-refractivity contribution in [3.63, 3.8) is 0 Å². The Labute approximate surface area is 163 Å².